The van der Waals surface area contributed by atoms with E-state index in [4.69, 9.17) is 4.74 Å². The fourth-order valence-electron chi connectivity index (χ4n) is 3.74. The van der Waals surface area contributed by atoms with E-state index in [2.05, 4.69) is 25.7 Å². The molecule has 1 aliphatic heterocycles. The summed E-state index contributed by atoms with van der Waals surface area (Å²) >= 11 is 0. The average Bonchev–Trinajstić information content (AvgIpc) is 3.35. The van der Waals surface area contributed by atoms with Crippen LogP contribution in [0.25, 0.3) is 5.65 Å². The summed E-state index contributed by atoms with van der Waals surface area (Å²) in [6.45, 7) is 2.81. The zero-order chi connectivity index (χ0) is 17.7. The number of aryl methyl sites for hydroxylation is 3. The molecule has 4 heterocycles. The van der Waals surface area contributed by atoms with Crippen LogP contribution in [0.2, 0.25) is 0 Å². The first-order chi connectivity index (χ1) is 12.7. The number of aromatic nitrogens is 6. The topological polar surface area (TPSA) is 99.2 Å². The number of fused-ring (bicyclic) bond motifs is 2. The van der Waals surface area contributed by atoms with Crippen molar-refractivity contribution >= 4 is 11.5 Å². The van der Waals surface area contributed by atoms with E-state index in [1.165, 1.54) is 0 Å². The molecule has 1 saturated heterocycles. The molecule has 9 heteroatoms. The zero-order valence-corrected chi connectivity index (χ0v) is 14.4. The van der Waals surface area contributed by atoms with E-state index in [1.54, 1.807) is 15.3 Å². The van der Waals surface area contributed by atoms with Crippen molar-refractivity contribution in [2.24, 2.45) is 0 Å². The van der Waals surface area contributed by atoms with Crippen molar-refractivity contribution in [1.82, 2.24) is 29.6 Å². The molecule has 0 bridgehead atoms. The quantitative estimate of drug-likeness (QED) is 0.733. The first kappa shape index (κ1) is 15.4. The average molecular weight is 353 g/mol. The number of nitrogens with zero attached hydrogens (tertiary/aromatic N) is 6. The fourth-order valence-corrected chi connectivity index (χ4v) is 3.74. The van der Waals surface area contributed by atoms with Crippen LogP contribution in [0.1, 0.15) is 29.5 Å². The largest absolute Gasteiger partial charge is 0.377 e. The van der Waals surface area contributed by atoms with Gasteiger partial charge >= 0.3 is 0 Å². The number of hydrogen-bond donors (Lipinski definition) is 1. The lowest BCUT2D eigenvalue weighted by atomic mass is 10.1. The van der Waals surface area contributed by atoms with Crippen LogP contribution in [0.5, 0.6) is 0 Å². The molecule has 5 rings (SSSR count). The van der Waals surface area contributed by atoms with Gasteiger partial charge in [-0.1, -0.05) is 0 Å². The molecule has 1 fully saturated rings. The third-order valence-corrected chi connectivity index (χ3v) is 5.10. The van der Waals surface area contributed by atoms with Crippen LogP contribution in [0.15, 0.2) is 23.0 Å². The molecule has 2 atom stereocenters. The van der Waals surface area contributed by atoms with Crippen LogP contribution >= 0.6 is 0 Å². The van der Waals surface area contributed by atoms with E-state index in [0.717, 1.165) is 36.3 Å². The summed E-state index contributed by atoms with van der Waals surface area (Å²) in [6.07, 6.45) is 2.95. The van der Waals surface area contributed by atoms with Crippen LogP contribution in [0.3, 0.4) is 0 Å². The highest BCUT2D eigenvalue weighted by molar-refractivity contribution is 5.44. The SMILES string of the molecule is Cc1nnc2ccc(NC3COCC3n3nc4c(cc3=O)CCC4)nn12. The van der Waals surface area contributed by atoms with E-state index in [-0.39, 0.29) is 17.6 Å². The Bertz CT molecular complexity index is 1040. The lowest BCUT2D eigenvalue weighted by molar-refractivity contribution is 0.182. The maximum atomic E-state index is 12.5. The lowest BCUT2D eigenvalue weighted by Crippen LogP contribution is -2.38. The van der Waals surface area contributed by atoms with Crippen molar-refractivity contribution in [3.63, 3.8) is 0 Å². The maximum Gasteiger partial charge on any atom is 0.267 e. The molecule has 3 aromatic rings. The van der Waals surface area contributed by atoms with E-state index >= 15 is 0 Å². The number of anilines is 1. The molecule has 1 N–H and O–H groups in total. The highest BCUT2D eigenvalue weighted by atomic mass is 16.5. The summed E-state index contributed by atoms with van der Waals surface area (Å²) in [7, 11) is 0. The van der Waals surface area contributed by atoms with Gasteiger partial charge in [0.2, 0.25) is 0 Å². The normalized spacial score (nSPS) is 22.0. The fraction of sp³-hybridized carbons (Fsp3) is 0.471. The van der Waals surface area contributed by atoms with Crippen LogP contribution < -0.4 is 10.9 Å². The van der Waals surface area contributed by atoms with E-state index in [0.29, 0.717) is 24.7 Å². The second-order valence-corrected chi connectivity index (χ2v) is 6.84. The molecule has 3 aromatic heterocycles. The minimum Gasteiger partial charge on any atom is -0.377 e. The van der Waals surface area contributed by atoms with Crippen molar-refractivity contribution in [3.8, 4) is 0 Å². The van der Waals surface area contributed by atoms with Gasteiger partial charge in [0.05, 0.1) is 24.9 Å². The molecule has 0 saturated carbocycles. The van der Waals surface area contributed by atoms with Crippen molar-refractivity contribution in [1.29, 1.82) is 0 Å². The Morgan fingerprint density at radius 1 is 1.19 bits per heavy atom. The third kappa shape index (κ3) is 2.47. The van der Waals surface area contributed by atoms with E-state index in [1.807, 2.05) is 19.1 Å². The van der Waals surface area contributed by atoms with Crippen molar-refractivity contribution < 1.29 is 4.74 Å². The Morgan fingerprint density at radius 2 is 2.12 bits per heavy atom. The Hall–Kier alpha value is -2.81. The van der Waals surface area contributed by atoms with Crippen LogP contribution in [-0.4, -0.2) is 48.8 Å². The lowest BCUT2D eigenvalue weighted by Gasteiger charge is -2.21. The molecule has 9 nitrogen and oxygen atoms in total. The number of nitrogens with one attached hydrogen (secondary N) is 1. The van der Waals surface area contributed by atoms with E-state index in [9.17, 15) is 4.79 Å². The second-order valence-electron chi connectivity index (χ2n) is 6.84. The summed E-state index contributed by atoms with van der Waals surface area (Å²) in [6, 6.07) is 5.21. The summed E-state index contributed by atoms with van der Waals surface area (Å²) < 4.78 is 8.91. The van der Waals surface area contributed by atoms with Gasteiger partial charge in [0, 0.05) is 6.07 Å². The van der Waals surface area contributed by atoms with Crippen LogP contribution in [0.4, 0.5) is 5.82 Å². The first-order valence-electron chi connectivity index (χ1n) is 8.84. The summed E-state index contributed by atoms with van der Waals surface area (Å²) in [5.74, 6) is 1.41. The van der Waals surface area contributed by atoms with Crippen LogP contribution in [-0.2, 0) is 17.6 Å². The van der Waals surface area contributed by atoms with Gasteiger partial charge in [-0.25, -0.2) is 4.68 Å². The molecule has 26 heavy (non-hydrogen) atoms. The smallest absolute Gasteiger partial charge is 0.267 e. The molecular weight excluding hydrogens is 334 g/mol. The number of rotatable bonds is 3. The Labute approximate surface area is 149 Å². The van der Waals surface area contributed by atoms with Gasteiger partial charge < -0.3 is 10.1 Å². The Balaban J connectivity index is 1.45. The molecule has 0 radical (unpaired) electrons. The Kier molecular flexibility index (Phi) is 3.49. The summed E-state index contributed by atoms with van der Waals surface area (Å²) in [5.41, 5.74) is 2.76. The second kappa shape index (κ2) is 5.87. The third-order valence-electron chi connectivity index (χ3n) is 5.10. The first-order valence-corrected chi connectivity index (χ1v) is 8.84. The zero-order valence-electron chi connectivity index (χ0n) is 14.4. The minimum absolute atomic E-state index is 0.0639. The van der Waals surface area contributed by atoms with Crippen molar-refractivity contribution in [2.45, 2.75) is 38.3 Å². The highest BCUT2D eigenvalue weighted by Gasteiger charge is 2.32. The Morgan fingerprint density at radius 3 is 3.04 bits per heavy atom. The molecule has 2 unspecified atom stereocenters. The molecule has 2 aliphatic rings. The number of hydrogen-bond acceptors (Lipinski definition) is 7. The minimum atomic E-state index is -0.159. The van der Waals surface area contributed by atoms with Gasteiger partial charge in [-0.2, -0.15) is 9.61 Å². The van der Waals surface area contributed by atoms with Gasteiger partial charge in [-0.3, -0.25) is 4.79 Å². The molecule has 0 aromatic carbocycles. The molecule has 0 spiro atoms. The van der Waals surface area contributed by atoms with Crippen molar-refractivity contribution in [3.05, 3.63) is 45.6 Å². The molecular formula is C17H19N7O2. The van der Waals surface area contributed by atoms with Gasteiger partial charge in [0.15, 0.2) is 11.5 Å². The van der Waals surface area contributed by atoms with Gasteiger partial charge in [-0.15, -0.1) is 15.3 Å². The van der Waals surface area contributed by atoms with Crippen LogP contribution in [0, 0.1) is 6.92 Å². The summed E-state index contributed by atoms with van der Waals surface area (Å²) in [4.78, 5) is 12.5. The predicted molar refractivity (Wildman–Crippen MR) is 93.3 cm³/mol. The van der Waals surface area contributed by atoms with Gasteiger partial charge in [0.25, 0.3) is 5.56 Å². The van der Waals surface area contributed by atoms with E-state index < -0.39 is 0 Å². The molecule has 0 amide bonds. The van der Waals surface area contributed by atoms with Gasteiger partial charge in [-0.05, 0) is 43.9 Å². The van der Waals surface area contributed by atoms with Gasteiger partial charge in [0.1, 0.15) is 11.9 Å². The number of ether oxygens (including phenoxy) is 1. The predicted octanol–water partition coefficient (Wildman–Crippen LogP) is 0.530. The standard InChI is InChI=1S/C17H19N7O2/c1-10-19-20-16-6-5-15(22-23(10)16)18-13-8-26-9-14(13)24-17(25)7-11-3-2-4-12(11)21-24/h5-7,13-14H,2-4,8-9H2,1H3,(H,18,22). The van der Waals surface area contributed by atoms with Crippen molar-refractivity contribution in [2.75, 3.05) is 18.5 Å². The highest BCUT2D eigenvalue weighted by Crippen LogP contribution is 2.23. The summed E-state index contributed by atoms with van der Waals surface area (Å²) in [5, 5.41) is 20.6. The maximum absolute atomic E-state index is 12.5. The molecule has 134 valence electrons. The monoisotopic (exact) mass is 353 g/mol. The molecule has 1 aliphatic carbocycles.